The molecular weight excluding hydrogens is 314 g/mol. The predicted octanol–water partition coefficient (Wildman–Crippen LogP) is 1.70. The molecule has 2 rings (SSSR count). The summed E-state index contributed by atoms with van der Waals surface area (Å²) in [5.74, 6) is -2.06. The molecule has 1 saturated heterocycles. The lowest BCUT2D eigenvalue weighted by Gasteiger charge is -2.32. The van der Waals surface area contributed by atoms with Crippen LogP contribution in [-0.2, 0) is 20.6 Å². The maximum Gasteiger partial charge on any atom is 0.516 e. The van der Waals surface area contributed by atoms with E-state index in [0.717, 1.165) is 6.20 Å². The lowest BCUT2D eigenvalue weighted by molar-refractivity contribution is -0.167. The monoisotopic (exact) mass is 333 g/mol. The highest BCUT2D eigenvalue weighted by Crippen LogP contribution is 2.37. The fraction of sp³-hybridized carbons (Fsp3) is 0.692. The molecule has 1 amide bonds. The lowest BCUT2D eigenvalue weighted by Crippen LogP contribution is -2.42. The van der Waals surface area contributed by atoms with E-state index in [1.807, 2.05) is 33.0 Å². The normalized spacial score (nSPS) is 19.9. The van der Waals surface area contributed by atoms with E-state index in [1.165, 1.54) is 4.68 Å². The van der Waals surface area contributed by atoms with Crippen molar-refractivity contribution in [1.82, 2.24) is 9.78 Å². The van der Waals surface area contributed by atoms with Crippen molar-refractivity contribution in [1.29, 1.82) is 0 Å². The molecule has 1 aromatic rings. The summed E-state index contributed by atoms with van der Waals surface area (Å²) in [5, 5.41) is 5.81. The highest BCUT2D eigenvalue weighted by Gasteiger charge is 2.54. The van der Waals surface area contributed by atoms with Crippen LogP contribution in [0.3, 0.4) is 0 Å². The van der Waals surface area contributed by atoms with Crippen LogP contribution in [0.4, 0.5) is 18.9 Å². The minimum atomic E-state index is -4.98. The molecule has 0 unspecified atom stereocenters. The van der Waals surface area contributed by atoms with E-state index in [4.69, 9.17) is 9.31 Å². The molecular formula is C13H19BF3N3O3. The SMILES string of the molecule is CCn1ncc(NC(=O)C(F)(F)F)c1B1OC(C)(C)C(C)(C)O1. The molecule has 128 valence electrons. The van der Waals surface area contributed by atoms with E-state index >= 15 is 0 Å². The molecule has 0 radical (unpaired) electrons. The number of anilines is 1. The first kappa shape index (κ1) is 17.8. The van der Waals surface area contributed by atoms with Crippen LogP contribution in [0.1, 0.15) is 34.6 Å². The van der Waals surface area contributed by atoms with Crippen LogP contribution in [0.2, 0.25) is 0 Å². The van der Waals surface area contributed by atoms with Crippen LogP contribution in [0.5, 0.6) is 0 Å². The maximum atomic E-state index is 12.5. The average Bonchev–Trinajstić information content (AvgIpc) is 2.87. The number of nitrogens with zero attached hydrogens (tertiary/aromatic N) is 2. The fourth-order valence-electron chi connectivity index (χ4n) is 2.14. The standard InChI is InChI=1S/C13H19BF3N3O3/c1-6-20-9(14-22-11(2,3)12(4,5)23-14)8(7-18-20)19-10(21)13(15,16)17/h7H,6H2,1-5H3,(H,19,21). The van der Waals surface area contributed by atoms with Crippen LogP contribution in [0.25, 0.3) is 0 Å². The van der Waals surface area contributed by atoms with Gasteiger partial charge < -0.3 is 14.6 Å². The van der Waals surface area contributed by atoms with Gasteiger partial charge >= 0.3 is 19.2 Å². The highest BCUT2D eigenvalue weighted by molar-refractivity contribution is 6.63. The molecule has 23 heavy (non-hydrogen) atoms. The second kappa shape index (κ2) is 5.52. The van der Waals surface area contributed by atoms with Gasteiger partial charge in [0.25, 0.3) is 0 Å². The number of alkyl halides is 3. The summed E-state index contributed by atoms with van der Waals surface area (Å²) in [6.45, 7) is 9.47. The van der Waals surface area contributed by atoms with E-state index in [1.54, 1.807) is 6.92 Å². The molecule has 0 aliphatic carbocycles. The number of hydrogen-bond donors (Lipinski definition) is 1. The number of carbonyl (C=O) groups is 1. The Labute approximate surface area is 132 Å². The summed E-state index contributed by atoms with van der Waals surface area (Å²) in [6.07, 6.45) is -3.82. The van der Waals surface area contributed by atoms with Crippen molar-refractivity contribution in [2.45, 2.75) is 58.5 Å². The number of halogens is 3. The second-order valence-electron chi connectivity index (χ2n) is 6.30. The second-order valence-corrected chi connectivity index (χ2v) is 6.30. The molecule has 2 heterocycles. The molecule has 1 fully saturated rings. The van der Waals surface area contributed by atoms with E-state index in [0.29, 0.717) is 6.54 Å². The van der Waals surface area contributed by atoms with Gasteiger partial charge in [-0.15, -0.1) is 0 Å². The molecule has 0 saturated carbocycles. The van der Waals surface area contributed by atoms with Crippen molar-refractivity contribution in [3.8, 4) is 0 Å². The first-order chi connectivity index (χ1) is 10.4. The van der Waals surface area contributed by atoms with Crippen LogP contribution in [0, 0.1) is 0 Å². The number of amides is 1. The summed E-state index contributed by atoms with van der Waals surface area (Å²) in [7, 11) is -0.925. The lowest BCUT2D eigenvalue weighted by atomic mass is 9.83. The average molecular weight is 333 g/mol. The number of rotatable bonds is 3. The van der Waals surface area contributed by atoms with Gasteiger partial charge in [0.2, 0.25) is 0 Å². The van der Waals surface area contributed by atoms with Gasteiger partial charge in [0.1, 0.15) is 0 Å². The number of nitrogens with one attached hydrogen (secondary N) is 1. The van der Waals surface area contributed by atoms with E-state index in [-0.39, 0.29) is 11.3 Å². The van der Waals surface area contributed by atoms with Gasteiger partial charge in [0.15, 0.2) is 0 Å². The third-order valence-corrected chi connectivity index (χ3v) is 4.16. The molecule has 10 heteroatoms. The maximum absolute atomic E-state index is 12.5. The molecule has 1 aliphatic heterocycles. The molecule has 1 N–H and O–H groups in total. The minimum Gasteiger partial charge on any atom is -0.398 e. The van der Waals surface area contributed by atoms with E-state index in [2.05, 4.69) is 5.10 Å². The molecule has 0 bridgehead atoms. The van der Waals surface area contributed by atoms with E-state index < -0.39 is 30.4 Å². The molecule has 1 aliphatic rings. The third kappa shape index (κ3) is 3.23. The summed E-state index contributed by atoms with van der Waals surface area (Å²) >= 11 is 0. The summed E-state index contributed by atoms with van der Waals surface area (Å²) in [5.41, 5.74) is -1.14. The zero-order chi connectivity index (χ0) is 17.6. The zero-order valence-corrected chi connectivity index (χ0v) is 13.6. The molecule has 0 atom stereocenters. The van der Waals surface area contributed by atoms with Gasteiger partial charge in [-0.05, 0) is 34.6 Å². The van der Waals surface area contributed by atoms with E-state index in [9.17, 15) is 18.0 Å². The van der Waals surface area contributed by atoms with Crippen molar-refractivity contribution in [3.63, 3.8) is 0 Å². The minimum absolute atomic E-state index is 0.0762. The van der Waals surface area contributed by atoms with Crippen molar-refractivity contribution in [2.24, 2.45) is 0 Å². The topological polar surface area (TPSA) is 65.4 Å². The highest BCUT2D eigenvalue weighted by atomic mass is 19.4. The first-order valence-electron chi connectivity index (χ1n) is 7.18. The Morgan fingerprint density at radius 3 is 2.26 bits per heavy atom. The van der Waals surface area contributed by atoms with Gasteiger partial charge in [0.05, 0.1) is 28.7 Å². The van der Waals surface area contributed by atoms with Gasteiger partial charge in [-0.3, -0.25) is 9.48 Å². The Hall–Kier alpha value is -1.55. The Kier molecular flexibility index (Phi) is 4.27. The van der Waals surface area contributed by atoms with Gasteiger partial charge in [0, 0.05) is 6.54 Å². The predicted molar refractivity (Wildman–Crippen MR) is 78.3 cm³/mol. The number of carbonyl (C=O) groups excluding carboxylic acids is 1. The van der Waals surface area contributed by atoms with Crippen molar-refractivity contribution in [2.75, 3.05) is 5.32 Å². The van der Waals surface area contributed by atoms with Crippen LogP contribution < -0.4 is 10.9 Å². The molecule has 1 aromatic heterocycles. The largest absolute Gasteiger partial charge is 0.516 e. The van der Waals surface area contributed by atoms with Crippen LogP contribution >= 0.6 is 0 Å². The first-order valence-corrected chi connectivity index (χ1v) is 7.18. The zero-order valence-electron chi connectivity index (χ0n) is 13.6. The van der Waals surface area contributed by atoms with Gasteiger partial charge in [-0.25, -0.2) is 0 Å². The van der Waals surface area contributed by atoms with Gasteiger partial charge in [-0.2, -0.15) is 18.3 Å². The van der Waals surface area contributed by atoms with Crippen LogP contribution in [0.15, 0.2) is 6.20 Å². The smallest absolute Gasteiger partial charge is 0.398 e. The molecule has 0 aromatic carbocycles. The number of aryl methyl sites for hydroxylation is 1. The quantitative estimate of drug-likeness (QED) is 0.856. The number of hydrogen-bond acceptors (Lipinski definition) is 4. The Morgan fingerprint density at radius 2 is 1.83 bits per heavy atom. The molecule has 0 spiro atoms. The van der Waals surface area contributed by atoms with Crippen LogP contribution in [-0.4, -0.2) is 40.2 Å². The Bertz CT molecular complexity index is 597. The van der Waals surface area contributed by atoms with Crippen molar-refractivity contribution < 1.29 is 27.3 Å². The third-order valence-electron chi connectivity index (χ3n) is 4.16. The summed E-state index contributed by atoms with van der Waals surface area (Å²) in [4.78, 5) is 11.2. The van der Waals surface area contributed by atoms with Gasteiger partial charge in [-0.1, -0.05) is 0 Å². The Morgan fingerprint density at radius 1 is 1.30 bits per heavy atom. The molecule has 6 nitrogen and oxygen atoms in total. The number of aromatic nitrogens is 2. The van der Waals surface area contributed by atoms with Crippen molar-refractivity contribution in [3.05, 3.63) is 6.20 Å². The summed E-state index contributed by atoms with van der Waals surface area (Å²) < 4.78 is 50.6. The fourth-order valence-corrected chi connectivity index (χ4v) is 2.14. The summed E-state index contributed by atoms with van der Waals surface area (Å²) in [6, 6.07) is 0. The van der Waals surface area contributed by atoms with Crippen molar-refractivity contribution >= 4 is 24.3 Å². The Balaban J connectivity index is 2.36.